The number of aromatic carboxylic acids is 1. The van der Waals surface area contributed by atoms with Crippen molar-refractivity contribution in [1.82, 2.24) is 0 Å². The molecule has 138 valence electrons. The maximum absolute atomic E-state index is 12.8. The second-order valence-corrected chi connectivity index (χ2v) is 7.51. The van der Waals surface area contributed by atoms with Crippen LogP contribution in [0.4, 0.5) is 5.69 Å². The Bertz CT molecular complexity index is 910. The van der Waals surface area contributed by atoms with Crippen molar-refractivity contribution in [3.63, 3.8) is 0 Å². The van der Waals surface area contributed by atoms with Gasteiger partial charge in [0.2, 0.25) is 0 Å². The van der Waals surface area contributed by atoms with E-state index in [0.717, 1.165) is 11.1 Å². The zero-order chi connectivity index (χ0) is 19.8. The van der Waals surface area contributed by atoms with Crippen LogP contribution in [-0.2, 0) is 0 Å². The van der Waals surface area contributed by atoms with Gasteiger partial charge in [0.25, 0.3) is 5.91 Å². The summed E-state index contributed by atoms with van der Waals surface area (Å²) in [7, 11) is 0. The van der Waals surface area contributed by atoms with Gasteiger partial charge in [-0.1, -0.05) is 72.4 Å². The van der Waals surface area contributed by atoms with Crippen LogP contribution < -0.4 is 5.32 Å². The van der Waals surface area contributed by atoms with Gasteiger partial charge in [0, 0.05) is 5.69 Å². The normalized spacial score (nSPS) is 10.9. The first-order valence-electron chi connectivity index (χ1n) is 7.57. The molecule has 1 amide bonds. The van der Waals surface area contributed by atoms with E-state index in [2.05, 4.69) is 5.32 Å². The minimum absolute atomic E-state index is 0.180. The number of carboxylic acid groups (broad SMARTS) is 1. The fourth-order valence-electron chi connectivity index (χ4n) is 2.36. The lowest BCUT2D eigenvalue weighted by Crippen LogP contribution is -2.19. The van der Waals surface area contributed by atoms with Crippen molar-refractivity contribution in [2.75, 3.05) is 5.32 Å². The minimum Gasteiger partial charge on any atom is -0.478 e. The SMILES string of the molecule is Cc1ccc(C(C)C)cc1NC(=O)c1c(Cl)c(Cl)c(Cl)c(Cl)c1C(=O)O. The van der Waals surface area contributed by atoms with Gasteiger partial charge in [0.1, 0.15) is 0 Å². The van der Waals surface area contributed by atoms with Gasteiger partial charge in [0.15, 0.2) is 0 Å². The van der Waals surface area contributed by atoms with Gasteiger partial charge < -0.3 is 10.4 Å². The molecule has 26 heavy (non-hydrogen) atoms. The number of aryl methyl sites for hydroxylation is 1. The molecule has 0 saturated carbocycles. The van der Waals surface area contributed by atoms with Crippen LogP contribution in [0.3, 0.4) is 0 Å². The summed E-state index contributed by atoms with van der Waals surface area (Å²) in [6, 6.07) is 5.65. The Balaban J connectivity index is 2.58. The third kappa shape index (κ3) is 3.94. The highest BCUT2D eigenvalue weighted by Gasteiger charge is 2.29. The Morgan fingerprint density at radius 1 is 0.962 bits per heavy atom. The Labute approximate surface area is 171 Å². The molecule has 0 atom stereocenters. The number of carbonyl (C=O) groups excluding carboxylic acids is 1. The smallest absolute Gasteiger partial charge is 0.338 e. The van der Waals surface area contributed by atoms with Crippen LogP contribution in [0, 0.1) is 6.92 Å². The Morgan fingerprint density at radius 3 is 2.00 bits per heavy atom. The molecule has 0 aromatic heterocycles. The number of halogens is 4. The van der Waals surface area contributed by atoms with Crippen molar-refractivity contribution in [1.29, 1.82) is 0 Å². The van der Waals surface area contributed by atoms with Gasteiger partial charge in [-0.3, -0.25) is 4.79 Å². The summed E-state index contributed by atoms with van der Waals surface area (Å²) in [5.41, 5.74) is 1.52. The van der Waals surface area contributed by atoms with Crippen LogP contribution in [0.2, 0.25) is 20.1 Å². The summed E-state index contributed by atoms with van der Waals surface area (Å²) in [5, 5.41) is 11.1. The first kappa shape index (κ1) is 20.8. The highest BCUT2D eigenvalue weighted by Crippen LogP contribution is 2.42. The second-order valence-electron chi connectivity index (χ2n) is 5.99. The van der Waals surface area contributed by atoms with Gasteiger partial charge in [0.05, 0.1) is 31.2 Å². The zero-order valence-electron chi connectivity index (χ0n) is 14.1. The van der Waals surface area contributed by atoms with Crippen LogP contribution in [-0.4, -0.2) is 17.0 Å². The van der Waals surface area contributed by atoms with E-state index >= 15 is 0 Å². The van der Waals surface area contributed by atoms with E-state index in [1.807, 2.05) is 39.0 Å². The molecule has 0 fully saturated rings. The lowest BCUT2D eigenvalue weighted by Gasteiger charge is -2.16. The maximum atomic E-state index is 12.8. The average molecular weight is 435 g/mol. The molecule has 2 aromatic rings. The van der Waals surface area contributed by atoms with Crippen LogP contribution in [0.15, 0.2) is 18.2 Å². The van der Waals surface area contributed by atoms with E-state index < -0.39 is 17.4 Å². The van der Waals surface area contributed by atoms with Crippen molar-refractivity contribution in [2.24, 2.45) is 0 Å². The number of anilines is 1. The van der Waals surface area contributed by atoms with E-state index in [9.17, 15) is 14.7 Å². The van der Waals surface area contributed by atoms with Crippen LogP contribution in [0.1, 0.15) is 51.6 Å². The van der Waals surface area contributed by atoms with Gasteiger partial charge in [-0.15, -0.1) is 0 Å². The second kappa shape index (κ2) is 8.05. The standard InChI is InChI=1S/C18H15Cl4NO3/c1-7(2)9-5-4-8(3)10(6-9)23-17(24)11-12(18(25)26)14(20)16(22)15(21)13(11)19/h4-7H,1-3H3,(H,23,24)(H,25,26). The number of nitrogens with one attached hydrogen (secondary N) is 1. The summed E-state index contributed by atoms with van der Waals surface area (Å²) in [4.78, 5) is 24.4. The largest absolute Gasteiger partial charge is 0.478 e. The first-order valence-corrected chi connectivity index (χ1v) is 9.08. The third-order valence-corrected chi connectivity index (χ3v) is 5.69. The van der Waals surface area contributed by atoms with Crippen molar-refractivity contribution >= 4 is 64.0 Å². The molecule has 0 aliphatic rings. The summed E-state index contributed by atoms with van der Waals surface area (Å²) >= 11 is 24.0. The summed E-state index contributed by atoms with van der Waals surface area (Å²) in [6.45, 7) is 5.87. The lowest BCUT2D eigenvalue weighted by molar-refractivity contribution is 0.0692. The number of carboxylic acids is 1. The number of rotatable bonds is 4. The van der Waals surface area contributed by atoms with E-state index in [0.29, 0.717) is 5.69 Å². The van der Waals surface area contributed by atoms with Crippen molar-refractivity contribution in [2.45, 2.75) is 26.7 Å². The summed E-state index contributed by atoms with van der Waals surface area (Å²) in [6.07, 6.45) is 0. The Kier molecular flexibility index (Phi) is 6.46. The Hall–Kier alpha value is -1.46. The van der Waals surface area contributed by atoms with E-state index in [1.165, 1.54) is 0 Å². The highest BCUT2D eigenvalue weighted by molar-refractivity contribution is 6.54. The number of benzene rings is 2. The molecule has 2 rings (SSSR count). The molecule has 2 N–H and O–H groups in total. The molecule has 0 saturated heterocycles. The molecule has 8 heteroatoms. The molecule has 0 heterocycles. The molecule has 0 aliphatic carbocycles. The molecule has 0 spiro atoms. The fraction of sp³-hybridized carbons (Fsp3) is 0.222. The first-order chi connectivity index (χ1) is 12.1. The lowest BCUT2D eigenvalue weighted by atomic mass is 10.00. The molecule has 4 nitrogen and oxygen atoms in total. The predicted molar refractivity (Wildman–Crippen MR) is 107 cm³/mol. The van der Waals surface area contributed by atoms with Gasteiger partial charge in [-0.05, 0) is 30.0 Å². The predicted octanol–water partition coefficient (Wildman–Crippen LogP) is 6.68. The van der Waals surface area contributed by atoms with E-state index in [1.54, 1.807) is 0 Å². The highest BCUT2D eigenvalue weighted by atomic mass is 35.5. The van der Waals surface area contributed by atoms with Gasteiger partial charge in [-0.2, -0.15) is 0 Å². The number of hydrogen-bond donors (Lipinski definition) is 2. The quantitative estimate of drug-likeness (QED) is 0.416. The molecule has 0 aliphatic heterocycles. The Morgan fingerprint density at radius 2 is 1.50 bits per heavy atom. The summed E-state index contributed by atoms with van der Waals surface area (Å²) in [5.74, 6) is -1.92. The average Bonchev–Trinajstić information content (AvgIpc) is 2.57. The minimum atomic E-state index is -1.44. The number of carbonyl (C=O) groups is 2. The summed E-state index contributed by atoms with van der Waals surface area (Å²) < 4.78 is 0. The fourth-order valence-corrected chi connectivity index (χ4v) is 3.38. The van der Waals surface area contributed by atoms with E-state index in [-0.39, 0.29) is 31.6 Å². The zero-order valence-corrected chi connectivity index (χ0v) is 17.1. The molecule has 0 bridgehead atoms. The number of amides is 1. The molecule has 2 aromatic carbocycles. The monoisotopic (exact) mass is 433 g/mol. The van der Waals surface area contributed by atoms with Gasteiger partial charge in [-0.25, -0.2) is 4.79 Å². The van der Waals surface area contributed by atoms with Crippen molar-refractivity contribution < 1.29 is 14.7 Å². The van der Waals surface area contributed by atoms with Gasteiger partial charge >= 0.3 is 5.97 Å². The molecular formula is C18H15Cl4NO3. The van der Waals surface area contributed by atoms with Crippen LogP contribution in [0.25, 0.3) is 0 Å². The molecular weight excluding hydrogens is 420 g/mol. The third-order valence-electron chi connectivity index (χ3n) is 3.88. The number of hydrogen-bond acceptors (Lipinski definition) is 2. The van der Waals surface area contributed by atoms with E-state index in [4.69, 9.17) is 46.4 Å². The molecule has 0 unspecified atom stereocenters. The molecule has 0 radical (unpaired) electrons. The van der Waals surface area contributed by atoms with Crippen molar-refractivity contribution in [3.05, 3.63) is 60.5 Å². The van der Waals surface area contributed by atoms with Crippen molar-refractivity contribution in [3.8, 4) is 0 Å². The van der Waals surface area contributed by atoms with Crippen LogP contribution in [0.5, 0.6) is 0 Å². The maximum Gasteiger partial charge on any atom is 0.338 e. The van der Waals surface area contributed by atoms with Crippen LogP contribution >= 0.6 is 46.4 Å². The topological polar surface area (TPSA) is 66.4 Å².